The number of fused-ring (bicyclic) bond motifs is 1. The molecular formula is C14H20IN3O2. The predicted molar refractivity (Wildman–Crippen MR) is 83.5 cm³/mol. The minimum atomic E-state index is -0.418. The smallest absolute Gasteiger partial charge is 0.410 e. The minimum absolute atomic E-state index is 0.183. The first-order chi connectivity index (χ1) is 9.26. The van der Waals surface area contributed by atoms with Crippen LogP contribution in [-0.2, 0) is 11.8 Å². The highest BCUT2D eigenvalue weighted by atomic mass is 127. The van der Waals surface area contributed by atoms with Crippen molar-refractivity contribution in [1.29, 1.82) is 0 Å². The van der Waals surface area contributed by atoms with Crippen LogP contribution in [0.25, 0.3) is 0 Å². The van der Waals surface area contributed by atoms with Gasteiger partial charge < -0.3 is 14.2 Å². The van der Waals surface area contributed by atoms with Crippen LogP contribution in [0.2, 0.25) is 0 Å². The molecule has 5 nitrogen and oxygen atoms in total. The molecule has 1 amide bonds. The summed E-state index contributed by atoms with van der Waals surface area (Å²) in [7, 11) is 2.05. The fraction of sp³-hybridized carbons (Fsp3) is 0.714. The molecule has 6 heteroatoms. The fourth-order valence-electron chi connectivity index (χ4n) is 3.14. The van der Waals surface area contributed by atoms with E-state index in [0.29, 0.717) is 17.8 Å². The number of carbonyl (C=O) groups is 1. The molecule has 0 bridgehead atoms. The second-order valence-corrected chi connectivity index (χ2v) is 7.88. The van der Waals surface area contributed by atoms with E-state index < -0.39 is 5.60 Å². The molecule has 0 N–H and O–H groups in total. The van der Waals surface area contributed by atoms with Gasteiger partial charge in [0.2, 0.25) is 0 Å². The maximum atomic E-state index is 12.0. The Balaban J connectivity index is 1.61. The normalized spacial score (nSPS) is 28.4. The SMILES string of the molecule is Cn1cc(I)nc1[C@H]1[C@@H]2CN(C(=O)OC(C)(C)C)C[C@@H]21. The minimum Gasteiger partial charge on any atom is -0.444 e. The van der Waals surface area contributed by atoms with E-state index in [9.17, 15) is 4.79 Å². The van der Waals surface area contributed by atoms with E-state index in [1.807, 2.05) is 32.7 Å². The standard InChI is InChI=1S/C14H20IN3O2/c1-14(2,3)20-13(19)18-5-8-9(6-18)11(8)12-16-10(15)7-17(12)4/h7-9,11H,5-6H2,1-4H3/t8-,9+,11+. The Morgan fingerprint density at radius 3 is 2.45 bits per heavy atom. The van der Waals surface area contributed by atoms with Crippen molar-refractivity contribution in [2.24, 2.45) is 18.9 Å². The predicted octanol–water partition coefficient (Wildman–Crippen LogP) is 2.61. The Labute approximate surface area is 132 Å². The molecule has 110 valence electrons. The number of nitrogens with zero attached hydrogens (tertiary/aromatic N) is 3. The number of hydrogen-bond donors (Lipinski definition) is 0. The van der Waals surface area contributed by atoms with Crippen LogP contribution in [-0.4, -0.2) is 39.2 Å². The number of imidazole rings is 1. The van der Waals surface area contributed by atoms with Gasteiger partial charge in [-0.15, -0.1) is 0 Å². The lowest BCUT2D eigenvalue weighted by Crippen LogP contribution is -2.37. The van der Waals surface area contributed by atoms with E-state index in [-0.39, 0.29) is 6.09 Å². The Morgan fingerprint density at radius 2 is 2.00 bits per heavy atom. The summed E-state index contributed by atoms with van der Waals surface area (Å²) in [6.45, 7) is 7.31. The number of carbonyl (C=O) groups excluding carboxylic acids is 1. The zero-order valence-electron chi connectivity index (χ0n) is 12.3. The van der Waals surface area contributed by atoms with Crippen LogP contribution in [0.1, 0.15) is 32.5 Å². The zero-order chi connectivity index (χ0) is 14.7. The third kappa shape index (κ3) is 2.54. The van der Waals surface area contributed by atoms with Crippen LogP contribution >= 0.6 is 22.6 Å². The highest BCUT2D eigenvalue weighted by molar-refractivity contribution is 14.1. The number of halogens is 1. The monoisotopic (exact) mass is 389 g/mol. The summed E-state index contributed by atoms with van der Waals surface area (Å²) in [5.41, 5.74) is -0.418. The summed E-state index contributed by atoms with van der Waals surface area (Å²) in [6.07, 6.45) is 1.87. The summed E-state index contributed by atoms with van der Waals surface area (Å²) in [4.78, 5) is 18.5. The van der Waals surface area contributed by atoms with Crippen molar-refractivity contribution >= 4 is 28.7 Å². The number of ether oxygens (including phenoxy) is 1. The number of rotatable bonds is 1. The third-order valence-corrected chi connectivity index (χ3v) is 4.55. The lowest BCUT2D eigenvalue weighted by Gasteiger charge is -2.25. The summed E-state index contributed by atoms with van der Waals surface area (Å²) in [6, 6.07) is 0. The molecule has 1 aliphatic carbocycles. The molecule has 1 aromatic rings. The molecule has 0 unspecified atom stereocenters. The summed E-state index contributed by atoms with van der Waals surface area (Å²) in [5.74, 6) is 2.79. The number of aromatic nitrogens is 2. The van der Waals surface area contributed by atoms with Crippen molar-refractivity contribution < 1.29 is 9.53 Å². The van der Waals surface area contributed by atoms with Gasteiger partial charge in [-0.25, -0.2) is 9.78 Å². The van der Waals surface area contributed by atoms with E-state index in [0.717, 1.165) is 22.6 Å². The summed E-state index contributed by atoms with van der Waals surface area (Å²) < 4.78 is 8.57. The molecule has 1 saturated heterocycles. The zero-order valence-corrected chi connectivity index (χ0v) is 14.4. The Morgan fingerprint density at radius 1 is 1.40 bits per heavy atom. The van der Waals surface area contributed by atoms with Gasteiger partial charge in [0.25, 0.3) is 0 Å². The van der Waals surface area contributed by atoms with Crippen molar-refractivity contribution in [3.05, 3.63) is 15.7 Å². The maximum absolute atomic E-state index is 12.0. The summed E-state index contributed by atoms with van der Waals surface area (Å²) >= 11 is 2.24. The lowest BCUT2D eigenvalue weighted by molar-refractivity contribution is 0.0270. The van der Waals surface area contributed by atoms with Gasteiger partial charge in [-0.05, 0) is 55.2 Å². The Bertz CT molecular complexity index is 537. The number of aryl methyl sites for hydroxylation is 1. The molecule has 2 fully saturated rings. The molecule has 0 spiro atoms. The van der Waals surface area contributed by atoms with Crippen LogP contribution in [0.5, 0.6) is 0 Å². The molecule has 1 aliphatic heterocycles. The molecule has 0 radical (unpaired) electrons. The van der Waals surface area contributed by atoms with Crippen LogP contribution in [0.3, 0.4) is 0 Å². The van der Waals surface area contributed by atoms with Crippen LogP contribution in [0.4, 0.5) is 4.79 Å². The highest BCUT2D eigenvalue weighted by Crippen LogP contribution is 2.57. The van der Waals surface area contributed by atoms with Crippen molar-refractivity contribution in [3.8, 4) is 0 Å². The van der Waals surface area contributed by atoms with E-state index in [2.05, 4.69) is 38.3 Å². The van der Waals surface area contributed by atoms with Gasteiger partial charge >= 0.3 is 6.09 Å². The van der Waals surface area contributed by atoms with Gasteiger partial charge in [0, 0.05) is 32.3 Å². The van der Waals surface area contributed by atoms with Crippen molar-refractivity contribution in [2.45, 2.75) is 32.3 Å². The van der Waals surface area contributed by atoms with Gasteiger partial charge in [-0.2, -0.15) is 0 Å². The molecule has 2 aliphatic rings. The maximum Gasteiger partial charge on any atom is 0.410 e. The first-order valence-electron chi connectivity index (χ1n) is 6.93. The quantitative estimate of drug-likeness (QED) is 0.694. The van der Waals surface area contributed by atoms with Gasteiger partial charge in [0.1, 0.15) is 15.1 Å². The topological polar surface area (TPSA) is 47.4 Å². The van der Waals surface area contributed by atoms with E-state index in [1.165, 1.54) is 0 Å². The Hall–Kier alpha value is -0.790. The lowest BCUT2D eigenvalue weighted by atomic mass is 10.2. The molecule has 3 atom stereocenters. The third-order valence-electron chi connectivity index (χ3n) is 4.03. The van der Waals surface area contributed by atoms with Crippen LogP contribution < -0.4 is 0 Å². The Kier molecular flexibility index (Phi) is 3.26. The number of amides is 1. The number of likely N-dealkylation sites (tertiary alicyclic amines) is 1. The second-order valence-electron chi connectivity index (χ2n) is 6.77. The summed E-state index contributed by atoms with van der Waals surface area (Å²) in [5, 5.41) is 0. The molecule has 1 aromatic heterocycles. The second kappa shape index (κ2) is 4.61. The highest BCUT2D eigenvalue weighted by Gasteiger charge is 2.59. The van der Waals surface area contributed by atoms with Crippen LogP contribution in [0, 0.1) is 15.5 Å². The van der Waals surface area contributed by atoms with Crippen molar-refractivity contribution in [1.82, 2.24) is 14.5 Å². The number of piperidine rings is 1. The van der Waals surface area contributed by atoms with E-state index in [1.54, 1.807) is 0 Å². The first kappa shape index (κ1) is 14.2. The molecule has 1 saturated carbocycles. The van der Waals surface area contributed by atoms with E-state index in [4.69, 9.17) is 4.74 Å². The van der Waals surface area contributed by atoms with E-state index >= 15 is 0 Å². The molecular weight excluding hydrogens is 369 g/mol. The average molecular weight is 389 g/mol. The molecule has 2 heterocycles. The van der Waals surface area contributed by atoms with Gasteiger partial charge in [-0.3, -0.25) is 0 Å². The largest absolute Gasteiger partial charge is 0.444 e. The van der Waals surface area contributed by atoms with Gasteiger partial charge in [-0.1, -0.05) is 0 Å². The number of hydrogen-bond acceptors (Lipinski definition) is 3. The van der Waals surface area contributed by atoms with Crippen LogP contribution in [0.15, 0.2) is 6.20 Å². The van der Waals surface area contributed by atoms with Crippen molar-refractivity contribution in [3.63, 3.8) is 0 Å². The average Bonchev–Trinajstić information content (AvgIpc) is 2.67. The first-order valence-corrected chi connectivity index (χ1v) is 8.01. The van der Waals surface area contributed by atoms with Crippen molar-refractivity contribution in [2.75, 3.05) is 13.1 Å². The molecule has 20 heavy (non-hydrogen) atoms. The van der Waals surface area contributed by atoms with Gasteiger partial charge in [0.05, 0.1) is 0 Å². The fourth-order valence-corrected chi connectivity index (χ4v) is 3.80. The van der Waals surface area contributed by atoms with Gasteiger partial charge in [0.15, 0.2) is 0 Å². The molecule has 0 aromatic carbocycles. The molecule has 3 rings (SSSR count).